The average molecular weight is 288 g/mol. The van der Waals surface area contributed by atoms with Crippen molar-refractivity contribution in [2.24, 2.45) is 5.92 Å². The number of Topliss-reactive ketones (excluding diaryl/α,β-unsaturated/α-hetero) is 1. The lowest BCUT2D eigenvalue weighted by molar-refractivity contribution is 0.0980. The summed E-state index contributed by atoms with van der Waals surface area (Å²) < 4.78 is 29.2. The van der Waals surface area contributed by atoms with E-state index >= 15 is 0 Å². The second-order valence-electron chi connectivity index (χ2n) is 4.59. The van der Waals surface area contributed by atoms with Gasteiger partial charge in [-0.2, -0.15) is 8.42 Å². The van der Waals surface area contributed by atoms with Crippen LogP contribution in [0.1, 0.15) is 10.4 Å². The third-order valence-corrected chi connectivity index (χ3v) is 4.85. The van der Waals surface area contributed by atoms with Crippen molar-refractivity contribution < 1.29 is 17.4 Å². The van der Waals surface area contributed by atoms with E-state index in [4.69, 9.17) is 4.18 Å². The van der Waals surface area contributed by atoms with Gasteiger partial charge in [-0.05, 0) is 6.08 Å². The zero-order chi connectivity index (χ0) is 14.2. The molecule has 1 aliphatic carbocycles. The van der Waals surface area contributed by atoms with Crippen molar-refractivity contribution in [1.29, 1.82) is 0 Å². The van der Waals surface area contributed by atoms with E-state index < -0.39 is 27.1 Å². The lowest BCUT2D eigenvalue weighted by Crippen LogP contribution is -2.31. The third-order valence-electron chi connectivity index (χ3n) is 3.30. The molecule has 0 unspecified atom stereocenters. The molecule has 0 spiro atoms. The first kappa shape index (κ1) is 12.9. The Balaban J connectivity index is 2.06. The predicted octanol–water partition coefficient (Wildman–Crippen LogP) is 2.22. The Hall–Kier alpha value is -2.14. The fraction of sp³-hybridized carbons (Fsp3) is 0.133. The summed E-state index contributed by atoms with van der Waals surface area (Å²) in [5.41, 5.74) is 0.372. The molecule has 3 rings (SSSR count). The van der Waals surface area contributed by atoms with Crippen molar-refractivity contribution in [1.82, 2.24) is 0 Å². The van der Waals surface area contributed by atoms with Gasteiger partial charge in [0.25, 0.3) is 0 Å². The van der Waals surface area contributed by atoms with Gasteiger partial charge < -0.3 is 4.18 Å². The minimum absolute atomic E-state index is 0.296. The SMILES string of the molecule is O=C(c1ccccc1)[C@@H]1[C@@H]2C=CC=CC=C2OS1(=O)=O. The van der Waals surface area contributed by atoms with E-state index in [-0.39, 0.29) is 0 Å². The van der Waals surface area contributed by atoms with E-state index in [1.807, 2.05) is 0 Å². The molecule has 0 amide bonds. The van der Waals surface area contributed by atoms with E-state index in [1.165, 1.54) is 0 Å². The lowest BCUT2D eigenvalue weighted by atomic mass is 9.95. The van der Waals surface area contributed by atoms with Crippen molar-refractivity contribution in [3.05, 3.63) is 72.0 Å². The number of rotatable bonds is 2. The molecule has 2 atom stereocenters. The first-order valence-electron chi connectivity index (χ1n) is 6.17. The minimum Gasteiger partial charge on any atom is -0.386 e. The molecule has 0 bridgehead atoms. The van der Waals surface area contributed by atoms with E-state index in [2.05, 4.69) is 0 Å². The summed E-state index contributed by atoms with van der Waals surface area (Å²) >= 11 is 0. The van der Waals surface area contributed by atoms with Crippen LogP contribution < -0.4 is 0 Å². The van der Waals surface area contributed by atoms with Gasteiger partial charge in [0.1, 0.15) is 5.76 Å². The molecule has 1 aromatic carbocycles. The molecule has 1 heterocycles. The average Bonchev–Trinajstić information content (AvgIpc) is 2.57. The van der Waals surface area contributed by atoms with Crippen LogP contribution in [0.5, 0.6) is 0 Å². The second kappa shape index (κ2) is 4.76. The molecule has 5 heteroatoms. The van der Waals surface area contributed by atoms with Gasteiger partial charge in [-0.25, -0.2) is 0 Å². The Kier molecular flexibility index (Phi) is 3.06. The Morgan fingerprint density at radius 3 is 2.55 bits per heavy atom. The lowest BCUT2D eigenvalue weighted by Gasteiger charge is -2.10. The van der Waals surface area contributed by atoms with Gasteiger partial charge in [-0.3, -0.25) is 4.79 Å². The molecule has 1 saturated heterocycles. The number of carbonyl (C=O) groups is 1. The molecule has 1 aliphatic heterocycles. The normalized spacial score (nSPS) is 26.3. The summed E-state index contributed by atoms with van der Waals surface area (Å²) in [5.74, 6) is -0.711. The zero-order valence-corrected chi connectivity index (χ0v) is 11.3. The molecule has 0 aromatic heterocycles. The minimum atomic E-state index is -3.94. The monoisotopic (exact) mass is 288 g/mol. The summed E-state index contributed by atoms with van der Waals surface area (Å²) in [6.07, 6.45) is 8.46. The van der Waals surface area contributed by atoms with Crippen molar-refractivity contribution in [3.63, 3.8) is 0 Å². The van der Waals surface area contributed by atoms with Crippen LogP contribution in [0.2, 0.25) is 0 Å². The van der Waals surface area contributed by atoms with Crippen molar-refractivity contribution in [2.45, 2.75) is 5.25 Å². The van der Waals surface area contributed by atoms with Crippen molar-refractivity contribution >= 4 is 15.9 Å². The zero-order valence-electron chi connectivity index (χ0n) is 10.5. The summed E-state index contributed by atoms with van der Waals surface area (Å²) in [6.45, 7) is 0. The maximum absolute atomic E-state index is 12.5. The van der Waals surface area contributed by atoms with Crippen LogP contribution in [0.15, 0.2) is 66.5 Å². The van der Waals surface area contributed by atoms with Crippen LogP contribution in [0.25, 0.3) is 0 Å². The maximum Gasteiger partial charge on any atom is 0.320 e. The molecule has 1 aromatic rings. The van der Waals surface area contributed by atoms with Crippen LogP contribution in [-0.2, 0) is 14.3 Å². The molecule has 2 aliphatic rings. The highest BCUT2D eigenvalue weighted by Gasteiger charge is 2.49. The summed E-state index contributed by atoms with van der Waals surface area (Å²) in [7, 11) is -3.94. The van der Waals surface area contributed by atoms with Crippen LogP contribution in [0.4, 0.5) is 0 Å². The molecule has 102 valence electrons. The highest BCUT2D eigenvalue weighted by Crippen LogP contribution is 2.37. The molecule has 20 heavy (non-hydrogen) atoms. The highest BCUT2D eigenvalue weighted by molar-refractivity contribution is 7.88. The molecule has 4 nitrogen and oxygen atoms in total. The Morgan fingerprint density at radius 2 is 1.80 bits per heavy atom. The topological polar surface area (TPSA) is 60.4 Å². The quantitative estimate of drug-likeness (QED) is 0.618. The van der Waals surface area contributed by atoms with Gasteiger partial charge in [-0.1, -0.05) is 54.6 Å². The fourth-order valence-corrected chi connectivity index (χ4v) is 3.88. The Labute approximate surface area is 117 Å². The van der Waals surface area contributed by atoms with Crippen LogP contribution in [0.3, 0.4) is 0 Å². The van der Waals surface area contributed by atoms with Crippen LogP contribution >= 0.6 is 0 Å². The summed E-state index contributed by atoms with van der Waals surface area (Å²) in [6, 6.07) is 8.40. The van der Waals surface area contributed by atoms with Gasteiger partial charge >= 0.3 is 10.1 Å². The second-order valence-corrected chi connectivity index (χ2v) is 6.25. The number of ketones is 1. The molecule has 1 fully saturated rings. The molecule has 0 N–H and O–H groups in total. The van der Waals surface area contributed by atoms with Gasteiger partial charge in [0.2, 0.25) is 0 Å². The molecule has 0 saturated carbocycles. The third kappa shape index (κ3) is 2.10. The van der Waals surface area contributed by atoms with E-state index in [1.54, 1.807) is 60.7 Å². The van der Waals surface area contributed by atoms with Gasteiger partial charge in [0.15, 0.2) is 11.0 Å². The van der Waals surface area contributed by atoms with Gasteiger partial charge in [0.05, 0.1) is 5.92 Å². The van der Waals surface area contributed by atoms with Gasteiger partial charge in [0, 0.05) is 5.56 Å². The van der Waals surface area contributed by atoms with Crippen LogP contribution in [-0.4, -0.2) is 19.5 Å². The molecule has 0 radical (unpaired) electrons. The number of hydrogen-bond donors (Lipinski definition) is 0. The number of allylic oxidation sites excluding steroid dienone is 5. The largest absolute Gasteiger partial charge is 0.386 e. The van der Waals surface area contributed by atoms with Gasteiger partial charge in [-0.15, -0.1) is 0 Å². The number of carbonyl (C=O) groups excluding carboxylic acids is 1. The number of hydrogen-bond acceptors (Lipinski definition) is 4. The Morgan fingerprint density at radius 1 is 1.05 bits per heavy atom. The van der Waals surface area contributed by atoms with E-state index in [9.17, 15) is 13.2 Å². The smallest absolute Gasteiger partial charge is 0.320 e. The Bertz CT molecular complexity index is 726. The van der Waals surface area contributed by atoms with Crippen LogP contribution in [0, 0.1) is 5.92 Å². The predicted molar refractivity (Wildman–Crippen MR) is 74.4 cm³/mol. The van der Waals surface area contributed by atoms with E-state index in [0.29, 0.717) is 11.3 Å². The molecular formula is C15H12O4S. The number of fused-ring (bicyclic) bond motifs is 1. The maximum atomic E-state index is 12.5. The highest BCUT2D eigenvalue weighted by atomic mass is 32.2. The summed E-state index contributed by atoms with van der Waals surface area (Å²) in [4.78, 5) is 12.5. The van der Waals surface area contributed by atoms with Crippen molar-refractivity contribution in [2.75, 3.05) is 0 Å². The molecular weight excluding hydrogens is 276 g/mol. The summed E-state index contributed by atoms with van der Waals surface area (Å²) in [5, 5.41) is -1.22. The van der Waals surface area contributed by atoms with Crippen molar-refractivity contribution in [3.8, 4) is 0 Å². The number of benzene rings is 1. The standard InChI is InChI=1S/C15H12O4S/c16-14(11-7-3-1-4-8-11)15-12-9-5-2-6-10-13(12)19-20(15,17)18/h1-10,12,15H/t12-,15+/m1/s1. The first-order valence-corrected chi connectivity index (χ1v) is 7.64. The first-order chi connectivity index (χ1) is 9.59. The fourth-order valence-electron chi connectivity index (χ4n) is 2.36. The van der Waals surface area contributed by atoms with E-state index in [0.717, 1.165) is 0 Å².